The number of aryl methyl sites for hydroxylation is 1. The predicted molar refractivity (Wildman–Crippen MR) is 83.8 cm³/mol. The molecule has 5 heteroatoms. The van der Waals surface area contributed by atoms with Crippen molar-refractivity contribution < 1.29 is 9.90 Å². The lowest BCUT2D eigenvalue weighted by atomic mass is 9.99. The molecule has 1 unspecified atom stereocenters. The van der Waals surface area contributed by atoms with Crippen molar-refractivity contribution in [2.24, 2.45) is 5.92 Å². The highest BCUT2D eigenvalue weighted by Gasteiger charge is 2.21. The van der Waals surface area contributed by atoms with Crippen LogP contribution in [0, 0.1) is 12.8 Å². The number of rotatable bonds is 4. The van der Waals surface area contributed by atoms with Crippen LogP contribution in [0.1, 0.15) is 18.4 Å². The number of carbonyl (C=O) groups is 1. The van der Waals surface area contributed by atoms with Gasteiger partial charge in [-0.3, -0.25) is 9.69 Å². The van der Waals surface area contributed by atoms with E-state index in [4.69, 9.17) is 0 Å². The molecule has 1 aromatic rings. The fourth-order valence-electron chi connectivity index (χ4n) is 2.60. The van der Waals surface area contributed by atoms with Gasteiger partial charge in [0.25, 0.3) is 0 Å². The second-order valence-electron chi connectivity index (χ2n) is 5.43. The number of nitrogens with zero attached hydrogens (tertiary/aromatic N) is 1. The van der Waals surface area contributed by atoms with Crippen LogP contribution >= 0.6 is 15.9 Å². The smallest absolute Gasteiger partial charge is 0.238 e. The molecule has 1 aliphatic heterocycles. The van der Waals surface area contributed by atoms with Gasteiger partial charge in [-0.2, -0.15) is 0 Å². The molecule has 0 aromatic heterocycles. The maximum Gasteiger partial charge on any atom is 0.238 e. The number of hydrogen-bond acceptors (Lipinski definition) is 3. The summed E-state index contributed by atoms with van der Waals surface area (Å²) < 4.78 is 1.01. The lowest BCUT2D eigenvalue weighted by Gasteiger charge is -2.31. The molecule has 2 N–H and O–H groups in total. The second kappa shape index (κ2) is 7.20. The highest BCUT2D eigenvalue weighted by atomic mass is 79.9. The number of hydrogen-bond donors (Lipinski definition) is 2. The number of likely N-dealkylation sites (tertiary alicyclic amines) is 1. The Kier molecular flexibility index (Phi) is 5.57. The van der Waals surface area contributed by atoms with Crippen LogP contribution in [-0.4, -0.2) is 42.2 Å². The van der Waals surface area contributed by atoms with Crippen molar-refractivity contribution in [2.45, 2.75) is 19.8 Å². The van der Waals surface area contributed by atoms with E-state index in [1.165, 1.54) is 0 Å². The van der Waals surface area contributed by atoms with E-state index in [2.05, 4.69) is 26.1 Å². The van der Waals surface area contributed by atoms with E-state index in [0.29, 0.717) is 12.5 Å². The van der Waals surface area contributed by atoms with Gasteiger partial charge >= 0.3 is 0 Å². The van der Waals surface area contributed by atoms with Gasteiger partial charge in [-0.25, -0.2) is 0 Å². The Labute approximate surface area is 128 Å². The molecule has 1 heterocycles. The first-order chi connectivity index (χ1) is 9.58. The van der Waals surface area contributed by atoms with E-state index in [9.17, 15) is 9.90 Å². The van der Waals surface area contributed by atoms with Gasteiger partial charge in [-0.05, 0) is 56.0 Å². The number of aliphatic hydroxyl groups is 1. The first-order valence-electron chi connectivity index (χ1n) is 6.97. The van der Waals surface area contributed by atoms with Gasteiger partial charge in [0.05, 0.1) is 6.54 Å². The zero-order valence-electron chi connectivity index (χ0n) is 11.7. The number of benzene rings is 1. The number of anilines is 1. The minimum absolute atomic E-state index is 0.00834. The van der Waals surface area contributed by atoms with E-state index in [-0.39, 0.29) is 12.5 Å². The van der Waals surface area contributed by atoms with E-state index in [1.54, 1.807) is 0 Å². The van der Waals surface area contributed by atoms with Crippen molar-refractivity contribution in [3.63, 3.8) is 0 Å². The highest BCUT2D eigenvalue weighted by molar-refractivity contribution is 9.10. The molecule has 0 aliphatic carbocycles. The van der Waals surface area contributed by atoms with Gasteiger partial charge in [0.2, 0.25) is 5.91 Å². The van der Waals surface area contributed by atoms with Crippen LogP contribution in [0.5, 0.6) is 0 Å². The summed E-state index contributed by atoms with van der Waals surface area (Å²) in [4.78, 5) is 14.2. The topological polar surface area (TPSA) is 52.6 Å². The van der Waals surface area contributed by atoms with Crippen LogP contribution < -0.4 is 5.32 Å². The van der Waals surface area contributed by atoms with Gasteiger partial charge in [0.1, 0.15) is 0 Å². The van der Waals surface area contributed by atoms with Crippen LogP contribution in [0.15, 0.2) is 22.7 Å². The molecule has 0 bridgehead atoms. The summed E-state index contributed by atoms with van der Waals surface area (Å²) >= 11 is 3.41. The molecular weight excluding hydrogens is 320 g/mol. The number of amides is 1. The Morgan fingerprint density at radius 3 is 3.05 bits per heavy atom. The number of aliphatic hydroxyl groups excluding tert-OH is 1. The monoisotopic (exact) mass is 340 g/mol. The van der Waals surface area contributed by atoms with Gasteiger partial charge in [-0.1, -0.05) is 15.9 Å². The molecule has 0 spiro atoms. The Morgan fingerprint density at radius 2 is 2.35 bits per heavy atom. The van der Waals surface area contributed by atoms with Crippen LogP contribution in [0.2, 0.25) is 0 Å². The predicted octanol–water partition coefficient (Wildman–Crippen LogP) is 2.40. The standard InChI is InChI=1S/C15H21BrN2O2/c1-11-7-13(16)4-5-14(11)17-15(20)9-18-6-2-3-12(8-18)10-19/h4-5,7,12,19H,2-3,6,8-10H2,1H3,(H,17,20). The van der Waals surface area contributed by atoms with E-state index < -0.39 is 0 Å². The van der Waals surface area contributed by atoms with Crippen molar-refractivity contribution in [3.8, 4) is 0 Å². The average molecular weight is 341 g/mol. The Balaban J connectivity index is 1.88. The molecular formula is C15H21BrN2O2. The first-order valence-corrected chi connectivity index (χ1v) is 7.77. The molecule has 110 valence electrons. The van der Waals surface area contributed by atoms with Gasteiger partial charge < -0.3 is 10.4 Å². The van der Waals surface area contributed by atoms with E-state index >= 15 is 0 Å². The quantitative estimate of drug-likeness (QED) is 0.884. The third-order valence-electron chi connectivity index (χ3n) is 3.69. The molecule has 1 aromatic carbocycles. The SMILES string of the molecule is Cc1cc(Br)ccc1NC(=O)CN1CCCC(CO)C1. The van der Waals surface area contributed by atoms with Crippen LogP contribution in [0.4, 0.5) is 5.69 Å². The molecule has 20 heavy (non-hydrogen) atoms. The largest absolute Gasteiger partial charge is 0.396 e. The zero-order valence-corrected chi connectivity index (χ0v) is 13.3. The molecule has 1 atom stereocenters. The summed E-state index contributed by atoms with van der Waals surface area (Å²) in [5.74, 6) is 0.319. The van der Waals surface area contributed by atoms with Crippen LogP contribution in [0.3, 0.4) is 0 Å². The van der Waals surface area contributed by atoms with E-state index in [0.717, 1.165) is 41.7 Å². The number of carbonyl (C=O) groups excluding carboxylic acids is 1. The number of halogens is 1. The maximum absolute atomic E-state index is 12.1. The summed E-state index contributed by atoms with van der Waals surface area (Å²) in [7, 11) is 0. The lowest BCUT2D eigenvalue weighted by molar-refractivity contribution is -0.117. The van der Waals surface area contributed by atoms with Crippen molar-refractivity contribution >= 4 is 27.5 Å². The summed E-state index contributed by atoms with van der Waals surface area (Å²) in [6, 6.07) is 5.81. The number of nitrogens with one attached hydrogen (secondary N) is 1. The maximum atomic E-state index is 12.1. The van der Waals surface area contributed by atoms with Gasteiger partial charge in [0.15, 0.2) is 0 Å². The summed E-state index contributed by atoms with van der Waals surface area (Å²) in [6.07, 6.45) is 2.11. The molecule has 1 saturated heterocycles. The number of piperidine rings is 1. The third kappa shape index (κ3) is 4.30. The van der Waals surface area contributed by atoms with Crippen molar-refractivity contribution in [2.75, 3.05) is 31.6 Å². The highest BCUT2D eigenvalue weighted by Crippen LogP contribution is 2.20. The van der Waals surface area contributed by atoms with Gasteiger partial charge in [-0.15, -0.1) is 0 Å². The fourth-order valence-corrected chi connectivity index (χ4v) is 3.08. The van der Waals surface area contributed by atoms with E-state index in [1.807, 2.05) is 25.1 Å². The first kappa shape index (κ1) is 15.5. The van der Waals surface area contributed by atoms with Crippen molar-refractivity contribution in [3.05, 3.63) is 28.2 Å². The van der Waals surface area contributed by atoms with Crippen LogP contribution in [0.25, 0.3) is 0 Å². The molecule has 0 saturated carbocycles. The molecule has 1 aliphatic rings. The molecule has 1 amide bonds. The molecule has 1 fully saturated rings. The average Bonchev–Trinajstić information content (AvgIpc) is 2.42. The molecule has 4 nitrogen and oxygen atoms in total. The van der Waals surface area contributed by atoms with Crippen molar-refractivity contribution in [1.29, 1.82) is 0 Å². The lowest BCUT2D eigenvalue weighted by Crippen LogP contribution is -2.41. The minimum atomic E-state index is 0.00834. The molecule has 2 rings (SSSR count). The fraction of sp³-hybridized carbons (Fsp3) is 0.533. The molecule has 0 radical (unpaired) electrons. The third-order valence-corrected chi connectivity index (χ3v) is 4.18. The summed E-state index contributed by atoms with van der Waals surface area (Å²) in [6.45, 7) is 4.32. The Morgan fingerprint density at radius 1 is 1.55 bits per heavy atom. The van der Waals surface area contributed by atoms with Crippen molar-refractivity contribution in [1.82, 2.24) is 4.90 Å². The Hall–Kier alpha value is -0.910. The minimum Gasteiger partial charge on any atom is -0.396 e. The van der Waals surface area contributed by atoms with Gasteiger partial charge in [0, 0.05) is 23.3 Å². The summed E-state index contributed by atoms with van der Waals surface area (Å²) in [5, 5.41) is 12.2. The Bertz CT molecular complexity index is 479. The van der Waals surface area contributed by atoms with Crippen LogP contribution in [-0.2, 0) is 4.79 Å². The summed E-state index contributed by atoms with van der Waals surface area (Å²) in [5.41, 5.74) is 1.90. The normalized spacial score (nSPS) is 19.9. The zero-order chi connectivity index (χ0) is 14.5. The second-order valence-corrected chi connectivity index (χ2v) is 6.35.